The minimum atomic E-state index is 0.683. The first-order valence-electron chi connectivity index (χ1n) is 5.85. The number of aromatic nitrogens is 1. The molecular formula is C12H20N2. The molecule has 0 aromatic carbocycles. The Balaban J connectivity index is 1.83. The Morgan fingerprint density at radius 3 is 2.07 bits per heavy atom. The first-order valence-corrected chi connectivity index (χ1v) is 5.85. The molecule has 0 saturated heterocycles. The summed E-state index contributed by atoms with van der Waals surface area (Å²) in [6.45, 7) is 0. The zero-order valence-electron chi connectivity index (χ0n) is 8.78. The summed E-state index contributed by atoms with van der Waals surface area (Å²) in [5, 5.41) is 0. The fourth-order valence-corrected chi connectivity index (χ4v) is 2.22. The summed E-state index contributed by atoms with van der Waals surface area (Å²) < 4.78 is 2.09. The molecule has 78 valence electrons. The Morgan fingerprint density at radius 2 is 1.43 bits per heavy atom. The quantitative estimate of drug-likeness (QED) is 0.761. The lowest BCUT2D eigenvalue weighted by atomic mass is 9.97. The largest absolute Gasteiger partial charge is 0.323 e. The van der Waals surface area contributed by atoms with Crippen molar-refractivity contribution in [2.45, 2.75) is 51.0 Å². The van der Waals surface area contributed by atoms with E-state index in [1.807, 2.05) is 0 Å². The third-order valence-electron chi connectivity index (χ3n) is 3.04. The van der Waals surface area contributed by atoms with Crippen molar-refractivity contribution in [2.24, 2.45) is 0 Å². The molecule has 1 aromatic rings. The second-order valence-corrected chi connectivity index (χ2v) is 4.26. The molecule has 0 bridgehead atoms. The van der Waals surface area contributed by atoms with Gasteiger partial charge in [0.05, 0.1) is 0 Å². The van der Waals surface area contributed by atoms with Crippen molar-refractivity contribution >= 4 is 0 Å². The third kappa shape index (κ3) is 2.79. The molecule has 1 fully saturated rings. The molecule has 0 unspecified atom stereocenters. The monoisotopic (exact) mass is 192 g/mol. The van der Waals surface area contributed by atoms with E-state index in [9.17, 15) is 0 Å². The van der Waals surface area contributed by atoms with Gasteiger partial charge in [-0.25, -0.2) is 0 Å². The number of hydrogen-bond acceptors (Lipinski definition) is 1. The first kappa shape index (κ1) is 9.63. The molecule has 2 nitrogen and oxygen atoms in total. The van der Waals surface area contributed by atoms with Crippen LogP contribution >= 0.6 is 0 Å². The summed E-state index contributed by atoms with van der Waals surface area (Å²) in [5.41, 5.74) is 3.55. The van der Waals surface area contributed by atoms with Crippen LogP contribution in [0, 0.1) is 0 Å². The summed E-state index contributed by atoms with van der Waals surface area (Å²) in [6.07, 6.45) is 13.9. The van der Waals surface area contributed by atoms with Crippen molar-refractivity contribution in [2.75, 3.05) is 5.43 Å². The van der Waals surface area contributed by atoms with E-state index in [1.54, 1.807) is 0 Å². The molecule has 1 N–H and O–H groups in total. The number of rotatable bonds is 2. The minimum absolute atomic E-state index is 0.683. The summed E-state index contributed by atoms with van der Waals surface area (Å²) in [6, 6.07) is 4.81. The zero-order chi connectivity index (χ0) is 9.64. The molecule has 2 rings (SSSR count). The van der Waals surface area contributed by atoms with Crippen LogP contribution in [-0.4, -0.2) is 10.7 Å². The maximum atomic E-state index is 3.55. The van der Waals surface area contributed by atoms with E-state index in [0.29, 0.717) is 6.04 Å². The van der Waals surface area contributed by atoms with E-state index in [0.717, 1.165) is 0 Å². The Hall–Kier alpha value is -0.920. The lowest BCUT2D eigenvalue weighted by molar-refractivity contribution is 0.450. The highest BCUT2D eigenvalue weighted by atomic mass is 15.4. The van der Waals surface area contributed by atoms with Crippen molar-refractivity contribution in [1.82, 2.24) is 4.68 Å². The number of nitrogens with one attached hydrogen (secondary N) is 1. The molecule has 1 aromatic heterocycles. The highest BCUT2D eigenvalue weighted by Gasteiger charge is 2.10. The third-order valence-corrected chi connectivity index (χ3v) is 3.04. The molecule has 1 saturated carbocycles. The molecule has 0 amide bonds. The molecule has 0 spiro atoms. The van der Waals surface area contributed by atoms with E-state index in [4.69, 9.17) is 0 Å². The van der Waals surface area contributed by atoms with Gasteiger partial charge in [0.25, 0.3) is 0 Å². The normalized spacial score (nSPS) is 20.0. The van der Waals surface area contributed by atoms with Gasteiger partial charge < -0.3 is 5.43 Å². The van der Waals surface area contributed by atoms with Crippen LogP contribution in [0.15, 0.2) is 24.5 Å². The molecule has 0 aliphatic heterocycles. The van der Waals surface area contributed by atoms with Crippen molar-refractivity contribution < 1.29 is 0 Å². The lowest BCUT2D eigenvalue weighted by Gasteiger charge is -2.22. The molecule has 0 atom stereocenters. The highest BCUT2D eigenvalue weighted by Crippen LogP contribution is 2.17. The van der Waals surface area contributed by atoms with Crippen LogP contribution < -0.4 is 5.43 Å². The van der Waals surface area contributed by atoms with Gasteiger partial charge in [-0.1, -0.05) is 32.1 Å². The molecule has 1 aliphatic carbocycles. The van der Waals surface area contributed by atoms with Gasteiger partial charge in [0.15, 0.2) is 0 Å². The minimum Gasteiger partial charge on any atom is -0.323 e. The van der Waals surface area contributed by atoms with Gasteiger partial charge in [0, 0.05) is 18.4 Å². The number of nitrogens with zero attached hydrogens (tertiary/aromatic N) is 1. The summed E-state index contributed by atoms with van der Waals surface area (Å²) in [5.74, 6) is 0. The summed E-state index contributed by atoms with van der Waals surface area (Å²) in [4.78, 5) is 0. The van der Waals surface area contributed by atoms with Gasteiger partial charge in [-0.2, -0.15) is 0 Å². The van der Waals surface area contributed by atoms with Crippen molar-refractivity contribution in [3.8, 4) is 0 Å². The lowest BCUT2D eigenvalue weighted by Crippen LogP contribution is -2.27. The van der Waals surface area contributed by atoms with Crippen molar-refractivity contribution in [3.05, 3.63) is 24.5 Å². The standard InChI is InChI=1S/C12H20N2/c1-2-4-8-12(9-5-3-1)13-14-10-6-7-11-14/h6-7,10-13H,1-5,8-9H2. The maximum absolute atomic E-state index is 3.55. The van der Waals surface area contributed by atoms with Gasteiger partial charge in [0.2, 0.25) is 0 Å². The Kier molecular flexibility index (Phi) is 3.50. The second kappa shape index (κ2) is 5.08. The van der Waals surface area contributed by atoms with Crippen LogP contribution in [-0.2, 0) is 0 Å². The van der Waals surface area contributed by atoms with Crippen molar-refractivity contribution in [3.63, 3.8) is 0 Å². The van der Waals surface area contributed by atoms with Crippen LogP contribution in [0.4, 0.5) is 0 Å². The van der Waals surface area contributed by atoms with E-state index in [-0.39, 0.29) is 0 Å². The predicted octanol–water partition coefficient (Wildman–Crippen LogP) is 3.14. The zero-order valence-corrected chi connectivity index (χ0v) is 8.78. The Morgan fingerprint density at radius 1 is 0.857 bits per heavy atom. The average Bonchev–Trinajstić information content (AvgIpc) is 2.62. The van der Waals surface area contributed by atoms with E-state index >= 15 is 0 Å². The van der Waals surface area contributed by atoms with Gasteiger partial charge in [0.1, 0.15) is 0 Å². The smallest absolute Gasteiger partial charge is 0.0424 e. The van der Waals surface area contributed by atoms with Gasteiger partial charge >= 0.3 is 0 Å². The Labute approximate surface area is 86.3 Å². The average molecular weight is 192 g/mol. The van der Waals surface area contributed by atoms with E-state index < -0.39 is 0 Å². The van der Waals surface area contributed by atoms with Crippen LogP contribution in [0.2, 0.25) is 0 Å². The van der Waals surface area contributed by atoms with Crippen LogP contribution in [0.3, 0.4) is 0 Å². The topological polar surface area (TPSA) is 17.0 Å². The maximum Gasteiger partial charge on any atom is 0.0424 e. The second-order valence-electron chi connectivity index (χ2n) is 4.26. The SMILES string of the molecule is c1ccn(NC2CCCCCCC2)c1. The molecule has 1 aliphatic rings. The summed E-state index contributed by atoms with van der Waals surface area (Å²) >= 11 is 0. The summed E-state index contributed by atoms with van der Waals surface area (Å²) in [7, 11) is 0. The molecule has 0 radical (unpaired) electrons. The predicted molar refractivity (Wildman–Crippen MR) is 59.9 cm³/mol. The van der Waals surface area contributed by atoms with Gasteiger partial charge in [-0.05, 0) is 25.0 Å². The molecular weight excluding hydrogens is 172 g/mol. The fraction of sp³-hybridized carbons (Fsp3) is 0.667. The van der Waals surface area contributed by atoms with E-state index in [1.165, 1.54) is 44.9 Å². The first-order chi connectivity index (χ1) is 6.95. The van der Waals surface area contributed by atoms with Gasteiger partial charge in [-0.15, -0.1) is 0 Å². The van der Waals surface area contributed by atoms with Crippen LogP contribution in [0.25, 0.3) is 0 Å². The number of hydrogen-bond donors (Lipinski definition) is 1. The Bertz CT molecular complexity index is 233. The molecule has 1 heterocycles. The highest BCUT2D eigenvalue weighted by molar-refractivity contribution is 4.95. The van der Waals surface area contributed by atoms with Gasteiger partial charge in [-0.3, -0.25) is 4.68 Å². The van der Waals surface area contributed by atoms with Crippen molar-refractivity contribution in [1.29, 1.82) is 0 Å². The molecule has 2 heteroatoms. The van der Waals surface area contributed by atoms with Crippen LogP contribution in [0.5, 0.6) is 0 Å². The fourth-order valence-electron chi connectivity index (χ4n) is 2.22. The van der Waals surface area contributed by atoms with E-state index in [2.05, 4.69) is 34.6 Å². The molecule has 14 heavy (non-hydrogen) atoms. The van der Waals surface area contributed by atoms with Crippen LogP contribution in [0.1, 0.15) is 44.9 Å².